The Kier molecular flexibility index (Phi) is 2.28. The van der Waals surface area contributed by atoms with Gasteiger partial charge in [-0.3, -0.25) is 0 Å². The van der Waals surface area contributed by atoms with Crippen LogP contribution in [0.5, 0.6) is 0 Å². The van der Waals surface area contributed by atoms with Crippen molar-refractivity contribution in [1.82, 2.24) is 4.98 Å². The number of furan rings is 1. The van der Waals surface area contributed by atoms with Gasteiger partial charge in [0.05, 0.1) is 0 Å². The van der Waals surface area contributed by atoms with E-state index in [1.807, 2.05) is 19.2 Å². The lowest BCUT2D eigenvalue weighted by Crippen LogP contribution is -1.91. The normalized spacial score (nSPS) is 13.4. The highest BCUT2D eigenvalue weighted by molar-refractivity contribution is 5.74. The maximum atomic E-state index is 5.43. The zero-order valence-electron chi connectivity index (χ0n) is 8.87. The number of hydrogen-bond donors (Lipinski definition) is 0. The van der Waals surface area contributed by atoms with Crippen LogP contribution in [0, 0.1) is 6.92 Å². The molecule has 1 atom stereocenters. The Morgan fingerprint density at radius 2 is 2.21 bits per heavy atom. The third-order valence-electron chi connectivity index (χ3n) is 2.70. The van der Waals surface area contributed by atoms with E-state index in [-0.39, 0.29) is 0 Å². The molecular formula is C12H15NO. The smallest absolute Gasteiger partial charge is 0.226 e. The molecule has 74 valence electrons. The number of aryl methyl sites for hydroxylation is 1. The highest BCUT2D eigenvalue weighted by Crippen LogP contribution is 2.23. The van der Waals surface area contributed by atoms with E-state index in [1.54, 1.807) is 0 Å². The molecule has 0 saturated heterocycles. The van der Waals surface area contributed by atoms with Crippen LogP contribution in [0.2, 0.25) is 0 Å². The van der Waals surface area contributed by atoms with Gasteiger partial charge in [-0.05, 0) is 37.0 Å². The molecule has 0 N–H and O–H groups in total. The summed E-state index contributed by atoms with van der Waals surface area (Å²) < 4.78 is 5.43. The van der Waals surface area contributed by atoms with E-state index in [0.717, 1.165) is 23.3 Å². The van der Waals surface area contributed by atoms with Crippen molar-refractivity contribution < 1.29 is 4.42 Å². The molecule has 2 heteroatoms. The molecule has 0 saturated carbocycles. The van der Waals surface area contributed by atoms with Crippen LogP contribution in [0.3, 0.4) is 0 Å². The van der Waals surface area contributed by atoms with Crippen LogP contribution in [0.15, 0.2) is 22.7 Å². The van der Waals surface area contributed by atoms with E-state index in [0.29, 0.717) is 5.92 Å². The summed E-state index contributed by atoms with van der Waals surface area (Å²) in [5.74, 6) is 1.50. The van der Waals surface area contributed by atoms with Crippen molar-refractivity contribution in [1.29, 1.82) is 0 Å². The minimum absolute atomic E-state index is 0.571. The third-order valence-corrected chi connectivity index (χ3v) is 2.70. The first-order valence-corrected chi connectivity index (χ1v) is 5.06. The van der Waals surface area contributed by atoms with Crippen LogP contribution in [-0.4, -0.2) is 4.98 Å². The first kappa shape index (κ1) is 9.25. The van der Waals surface area contributed by atoms with Crippen LogP contribution in [0.4, 0.5) is 0 Å². The van der Waals surface area contributed by atoms with Crippen molar-refractivity contribution in [2.75, 3.05) is 0 Å². The Bertz CT molecular complexity index is 445. The minimum Gasteiger partial charge on any atom is -0.443 e. The van der Waals surface area contributed by atoms with Gasteiger partial charge < -0.3 is 4.42 Å². The van der Waals surface area contributed by atoms with Gasteiger partial charge >= 0.3 is 0 Å². The molecule has 0 radical (unpaired) electrons. The molecular weight excluding hydrogens is 174 g/mol. The molecule has 2 aromatic rings. The van der Waals surface area contributed by atoms with Gasteiger partial charge in [-0.25, -0.2) is 4.98 Å². The van der Waals surface area contributed by atoms with Gasteiger partial charge in [0.25, 0.3) is 0 Å². The second-order valence-corrected chi connectivity index (χ2v) is 3.83. The summed E-state index contributed by atoms with van der Waals surface area (Å²) in [7, 11) is 0. The summed E-state index contributed by atoms with van der Waals surface area (Å²) >= 11 is 0. The van der Waals surface area contributed by atoms with E-state index in [2.05, 4.69) is 24.9 Å². The lowest BCUT2D eigenvalue weighted by Gasteiger charge is -2.06. The van der Waals surface area contributed by atoms with Gasteiger partial charge in [-0.15, -0.1) is 0 Å². The van der Waals surface area contributed by atoms with Gasteiger partial charge in [0, 0.05) is 11.6 Å². The average Bonchev–Trinajstić information content (AvgIpc) is 2.55. The zero-order chi connectivity index (χ0) is 10.1. The van der Waals surface area contributed by atoms with Crippen molar-refractivity contribution in [3.05, 3.63) is 29.7 Å². The van der Waals surface area contributed by atoms with Crippen LogP contribution in [0.1, 0.15) is 37.5 Å². The molecule has 2 nitrogen and oxygen atoms in total. The summed E-state index contributed by atoms with van der Waals surface area (Å²) in [6.07, 6.45) is 3.06. The second-order valence-electron chi connectivity index (χ2n) is 3.83. The molecule has 2 aromatic heterocycles. The summed E-state index contributed by atoms with van der Waals surface area (Å²) in [5.41, 5.74) is 2.04. The molecule has 2 rings (SSSR count). The van der Waals surface area contributed by atoms with Crippen molar-refractivity contribution in [2.45, 2.75) is 33.1 Å². The van der Waals surface area contributed by atoms with E-state index in [1.165, 1.54) is 5.56 Å². The van der Waals surface area contributed by atoms with E-state index in [4.69, 9.17) is 4.42 Å². The summed E-state index contributed by atoms with van der Waals surface area (Å²) in [6, 6.07) is 4.21. The van der Waals surface area contributed by atoms with Crippen molar-refractivity contribution in [3.8, 4) is 0 Å². The Hall–Kier alpha value is -1.31. The average molecular weight is 189 g/mol. The molecule has 0 aromatic carbocycles. The first-order valence-electron chi connectivity index (χ1n) is 5.06. The number of hydrogen-bond acceptors (Lipinski definition) is 2. The molecule has 0 spiro atoms. The van der Waals surface area contributed by atoms with E-state index >= 15 is 0 Å². The van der Waals surface area contributed by atoms with Gasteiger partial charge in [0.15, 0.2) is 0 Å². The molecule has 0 amide bonds. The maximum Gasteiger partial charge on any atom is 0.226 e. The van der Waals surface area contributed by atoms with Crippen LogP contribution >= 0.6 is 0 Å². The third kappa shape index (κ3) is 1.52. The lowest BCUT2D eigenvalue weighted by molar-refractivity contribution is 0.567. The lowest BCUT2D eigenvalue weighted by atomic mass is 10.00. The topological polar surface area (TPSA) is 26.0 Å². The van der Waals surface area contributed by atoms with Crippen LogP contribution < -0.4 is 0 Å². The molecule has 2 heterocycles. The van der Waals surface area contributed by atoms with Crippen LogP contribution in [0.25, 0.3) is 11.1 Å². The Balaban J connectivity index is 2.50. The molecule has 0 aliphatic heterocycles. The fourth-order valence-electron chi connectivity index (χ4n) is 1.58. The predicted molar refractivity (Wildman–Crippen MR) is 57.5 cm³/mol. The fraction of sp³-hybridized carbons (Fsp3) is 0.417. The molecule has 0 fully saturated rings. The zero-order valence-corrected chi connectivity index (χ0v) is 8.87. The van der Waals surface area contributed by atoms with Gasteiger partial charge in [-0.2, -0.15) is 0 Å². The van der Waals surface area contributed by atoms with Gasteiger partial charge in [0.2, 0.25) is 5.71 Å². The highest BCUT2D eigenvalue weighted by Gasteiger charge is 2.07. The molecule has 0 aliphatic carbocycles. The Labute approximate surface area is 84.0 Å². The monoisotopic (exact) mass is 189 g/mol. The quantitative estimate of drug-likeness (QED) is 0.720. The molecule has 1 unspecified atom stereocenters. The number of nitrogens with zero attached hydrogens (tertiary/aromatic N) is 1. The Morgan fingerprint density at radius 1 is 1.43 bits per heavy atom. The molecule has 14 heavy (non-hydrogen) atoms. The Morgan fingerprint density at radius 3 is 2.93 bits per heavy atom. The summed E-state index contributed by atoms with van der Waals surface area (Å²) in [5, 5.41) is 1.11. The maximum absolute atomic E-state index is 5.43. The van der Waals surface area contributed by atoms with E-state index < -0.39 is 0 Å². The second kappa shape index (κ2) is 3.45. The number of aromatic nitrogens is 1. The van der Waals surface area contributed by atoms with Gasteiger partial charge in [0.1, 0.15) is 5.76 Å². The summed E-state index contributed by atoms with van der Waals surface area (Å²) in [6.45, 7) is 6.36. The summed E-state index contributed by atoms with van der Waals surface area (Å²) in [4.78, 5) is 4.30. The van der Waals surface area contributed by atoms with Gasteiger partial charge in [-0.1, -0.05) is 13.8 Å². The van der Waals surface area contributed by atoms with Crippen molar-refractivity contribution >= 4 is 11.1 Å². The number of pyridine rings is 1. The molecule has 0 aliphatic rings. The number of fused-ring (bicyclic) bond motifs is 1. The number of rotatable bonds is 2. The largest absolute Gasteiger partial charge is 0.443 e. The molecule has 0 bridgehead atoms. The highest BCUT2D eigenvalue weighted by atomic mass is 16.3. The van der Waals surface area contributed by atoms with E-state index in [9.17, 15) is 0 Å². The van der Waals surface area contributed by atoms with Crippen molar-refractivity contribution in [2.24, 2.45) is 0 Å². The van der Waals surface area contributed by atoms with Crippen LogP contribution in [-0.2, 0) is 0 Å². The van der Waals surface area contributed by atoms with Crippen molar-refractivity contribution in [3.63, 3.8) is 0 Å². The minimum atomic E-state index is 0.571. The standard InChI is InChI=1S/C12H15NO/c1-4-8(2)11-6-10-5-9(3)14-12(10)13-7-11/h5-8H,4H2,1-3H3. The SMILES string of the molecule is CCC(C)c1cnc2oc(C)cc2c1. The first-order chi connectivity index (χ1) is 6.70. The fourth-order valence-corrected chi connectivity index (χ4v) is 1.58. The predicted octanol–water partition coefficient (Wildman–Crippen LogP) is 3.65.